The van der Waals surface area contributed by atoms with Crippen molar-refractivity contribution >= 4 is 0 Å². The summed E-state index contributed by atoms with van der Waals surface area (Å²) in [4.78, 5) is 0. The van der Waals surface area contributed by atoms with Crippen LogP contribution < -0.4 is 5.32 Å². The van der Waals surface area contributed by atoms with E-state index in [0.717, 1.165) is 45.2 Å². The molecule has 1 heterocycles. The predicted octanol–water partition coefficient (Wildman–Crippen LogP) is 2.76. The van der Waals surface area contributed by atoms with Gasteiger partial charge in [0, 0.05) is 0 Å². The van der Waals surface area contributed by atoms with Crippen LogP contribution in [0.4, 0.5) is 0 Å². The Bertz CT molecular complexity index is 343. The Labute approximate surface area is 110 Å². The first-order valence-electron chi connectivity index (χ1n) is 7.21. The van der Waals surface area contributed by atoms with Crippen LogP contribution in [0.2, 0.25) is 0 Å². The smallest absolute Gasteiger partial charge is 0.0703 e. The van der Waals surface area contributed by atoms with Gasteiger partial charge in [-0.05, 0) is 50.3 Å². The molecule has 0 aliphatic carbocycles. The van der Waals surface area contributed by atoms with Crippen LogP contribution in [-0.2, 0) is 6.42 Å². The summed E-state index contributed by atoms with van der Waals surface area (Å²) < 4.78 is 0. The molecule has 0 spiro atoms. The lowest BCUT2D eigenvalue weighted by Crippen LogP contribution is -2.47. The molecule has 2 rings (SSSR count). The molecule has 2 nitrogen and oxygen atoms in total. The summed E-state index contributed by atoms with van der Waals surface area (Å²) in [6.07, 6.45) is 5.05. The summed E-state index contributed by atoms with van der Waals surface area (Å²) in [6, 6.07) is 10.6. The zero-order valence-corrected chi connectivity index (χ0v) is 11.4. The molecule has 1 aromatic carbocycles. The van der Waals surface area contributed by atoms with Gasteiger partial charge in [-0.3, -0.25) is 0 Å². The molecular weight excluding hydrogens is 222 g/mol. The van der Waals surface area contributed by atoms with Gasteiger partial charge in [-0.2, -0.15) is 0 Å². The minimum atomic E-state index is -0.461. The van der Waals surface area contributed by atoms with Gasteiger partial charge in [0.15, 0.2) is 0 Å². The topological polar surface area (TPSA) is 32.3 Å². The third-order valence-electron chi connectivity index (χ3n) is 4.19. The number of benzene rings is 1. The SMILES string of the molecule is CCCC(Cc1ccccc1)C1(O)CCNCC1. The maximum Gasteiger partial charge on any atom is 0.0703 e. The highest BCUT2D eigenvalue weighted by Crippen LogP contribution is 2.33. The molecule has 1 saturated heterocycles. The number of piperidine rings is 1. The fourth-order valence-electron chi connectivity index (χ4n) is 3.08. The lowest BCUT2D eigenvalue weighted by atomic mass is 9.75. The molecular formula is C16H25NO. The summed E-state index contributed by atoms with van der Waals surface area (Å²) in [6.45, 7) is 4.11. The van der Waals surface area contributed by atoms with E-state index in [1.165, 1.54) is 5.56 Å². The number of hydrogen-bond donors (Lipinski definition) is 2. The molecule has 100 valence electrons. The van der Waals surface area contributed by atoms with Gasteiger partial charge in [0.2, 0.25) is 0 Å². The Balaban J connectivity index is 2.07. The molecule has 1 unspecified atom stereocenters. The zero-order valence-electron chi connectivity index (χ0n) is 11.4. The highest BCUT2D eigenvalue weighted by atomic mass is 16.3. The lowest BCUT2D eigenvalue weighted by Gasteiger charge is -2.40. The Morgan fingerprint density at radius 3 is 2.50 bits per heavy atom. The predicted molar refractivity (Wildman–Crippen MR) is 75.6 cm³/mol. The molecule has 1 fully saturated rings. The van der Waals surface area contributed by atoms with Crippen LogP contribution in [0.15, 0.2) is 30.3 Å². The number of nitrogens with one attached hydrogen (secondary N) is 1. The largest absolute Gasteiger partial charge is 0.389 e. The van der Waals surface area contributed by atoms with Crippen molar-refractivity contribution in [2.75, 3.05) is 13.1 Å². The van der Waals surface area contributed by atoms with Crippen molar-refractivity contribution < 1.29 is 5.11 Å². The van der Waals surface area contributed by atoms with Crippen LogP contribution in [0.25, 0.3) is 0 Å². The van der Waals surface area contributed by atoms with Crippen molar-refractivity contribution in [2.45, 2.75) is 44.6 Å². The number of aliphatic hydroxyl groups is 1. The van der Waals surface area contributed by atoms with Gasteiger partial charge < -0.3 is 10.4 Å². The van der Waals surface area contributed by atoms with Crippen LogP contribution in [0, 0.1) is 5.92 Å². The minimum Gasteiger partial charge on any atom is -0.389 e. The average molecular weight is 247 g/mol. The van der Waals surface area contributed by atoms with Gasteiger partial charge in [0.05, 0.1) is 5.60 Å². The summed E-state index contributed by atoms with van der Waals surface area (Å²) in [5.74, 6) is 0.395. The Morgan fingerprint density at radius 1 is 1.22 bits per heavy atom. The van der Waals surface area contributed by atoms with Gasteiger partial charge in [-0.1, -0.05) is 43.7 Å². The summed E-state index contributed by atoms with van der Waals surface area (Å²) in [5, 5.41) is 14.2. The van der Waals surface area contributed by atoms with E-state index in [2.05, 4.69) is 42.6 Å². The first-order chi connectivity index (χ1) is 8.74. The van der Waals surface area contributed by atoms with Crippen LogP contribution >= 0.6 is 0 Å². The molecule has 1 aliphatic rings. The molecule has 2 N–H and O–H groups in total. The highest BCUT2D eigenvalue weighted by Gasteiger charge is 2.36. The molecule has 0 bridgehead atoms. The van der Waals surface area contributed by atoms with E-state index in [1.54, 1.807) is 0 Å². The van der Waals surface area contributed by atoms with Crippen molar-refractivity contribution in [3.63, 3.8) is 0 Å². The van der Waals surface area contributed by atoms with E-state index in [4.69, 9.17) is 0 Å². The average Bonchev–Trinajstić information content (AvgIpc) is 2.40. The van der Waals surface area contributed by atoms with Crippen LogP contribution in [-0.4, -0.2) is 23.8 Å². The van der Waals surface area contributed by atoms with Gasteiger partial charge in [0.1, 0.15) is 0 Å². The third-order valence-corrected chi connectivity index (χ3v) is 4.19. The Morgan fingerprint density at radius 2 is 1.89 bits per heavy atom. The van der Waals surface area contributed by atoms with Crippen molar-refractivity contribution in [1.29, 1.82) is 0 Å². The molecule has 1 atom stereocenters. The molecule has 1 aromatic rings. The first-order valence-corrected chi connectivity index (χ1v) is 7.21. The second-order valence-electron chi connectivity index (χ2n) is 5.53. The fraction of sp³-hybridized carbons (Fsp3) is 0.625. The van der Waals surface area contributed by atoms with Gasteiger partial charge >= 0.3 is 0 Å². The lowest BCUT2D eigenvalue weighted by molar-refractivity contribution is -0.0468. The fourth-order valence-corrected chi connectivity index (χ4v) is 3.08. The molecule has 0 saturated carbocycles. The van der Waals surface area contributed by atoms with E-state index >= 15 is 0 Å². The Kier molecular flexibility index (Phi) is 4.79. The molecule has 0 radical (unpaired) electrons. The van der Waals surface area contributed by atoms with E-state index in [9.17, 15) is 5.11 Å². The maximum atomic E-state index is 10.9. The van der Waals surface area contributed by atoms with E-state index in [0.29, 0.717) is 5.92 Å². The van der Waals surface area contributed by atoms with Crippen molar-refractivity contribution in [2.24, 2.45) is 5.92 Å². The number of rotatable bonds is 5. The van der Waals surface area contributed by atoms with E-state index < -0.39 is 5.60 Å². The van der Waals surface area contributed by atoms with Crippen molar-refractivity contribution in [1.82, 2.24) is 5.32 Å². The molecule has 1 aliphatic heterocycles. The second-order valence-corrected chi connectivity index (χ2v) is 5.53. The highest BCUT2D eigenvalue weighted by molar-refractivity contribution is 5.16. The third kappa shape index (κ3) is 3.33. The summed E-state index contributed by atoms with van der Waals surface area (Å²) >= 11 is 0. The quantitative estimate of drug-likeness (QED) is 0.838. The zero-order chi connectivity index (χ0) is 12.8. The molecule has 18 heavy (non-hydrogen) atoms. The molecule has 2 heteroatoms. The Hall–Kier alpha value is -0.860. The van der Waals surface area contributed by atoms with Crippen LogP contribution in [0.3, 0.4) is 0 Å². The van der Waals surface area contributed by atoms with E-state index in [-0.39, 0.29) is 0 Å². The number of hydrogen-bond acceptors (Lipinski definition) is 2. The standard InChI is InChI=1S/C16H25NO/c1-2-6-15(13-14-7-4-3-5-8-14)16(18)9-11-17-12-10-16/h3-5,7-8,15,17-18H,2,6,9-13H2,1H3. The second kappa shape index (κ2) is 6.35. The van der Waals surface area contributed by atoms with E-state index in [1.807, 2.05) is 0 Å². The first kappa shape index (κ1) is 13.6. The van der Waals surface area contributed by atoms with Crippen molar-refractivity contribution in [3.05, 3.63) is 35.9 Å². The van der Waals surface area contributed by atoms with Gasteiger partial charge in [-0.15, -0.1) is 0 Å². The summed E-state index contributed by atoms with van der Waals surface area (Å²) in [7, 11) is 0. The van der Waals surface area contributed by atoms with Crippen molar-refractivity contribution in [3.8, 4) is 0 Å². The monoisotopic (exact) mass is 247 g/mol. The normalized spacial score (nSPS) is 20.6. The van der Waals surface area contributed by atoms with Gasteiger partial charge in [-0.25, -0.2) is 0 Å². The molecule has 0 aromatic heterocycles. The minimum absolute atomic E-state index is 0.395. The van der Waals surface area contributed by atoms with Gasteiger partial charge in [0.25, 0.3) is 0 Å². The molecule has 0 amide bonds. The summed E-state index contributed by atoms with van der Waals surface area (Å²) in [5.41, 5.74) is 0.889. The van der Waals surface area contributed by atoms with Crippen LogP contribution in [0.1, 0.15) is 38.2 Å². The van der Waals surface area contributed by atoms with Crippen LogP contribution in [0.5, 0.6) is 0 Å². The maximum absolute atomic E-state index is 10.9.